The molecule has 5 nitrogen and oxygen atoms in total. The Balaban J connectivity index is 2.58. The summed E-state index contributed by atoms with van der Waals surface area (Å²) in [5.41, 5.74) is -0.882. The summed E-state index contributed by atoms with van der Waals surface area (Å²) >= 11 is 0. The van der Waals surface area contributed by atoms with Crippen LogP contribution in [0.2, 0.25) is 0 Å². The second-order valence-electron chi connectivity index (χ2n) is 6.72. The van der Waals surface area contributed by atoms with Crippen LogP contribution in [0.25, 0.3) is 11.3 Å². The third-order valence-electron chi connectivity index (χ3n) is 4.41. The van der Waals surface area contributed by atoms with E-state index in [0.29, 0.717) is 11.9 Å². The lowest BCUT2D eigenvalue weighted by atomic mass is 10.1. The van der Waals surface area contributed by atoms with Gasteiger partial charge in [-0.2, -0.15) is 13.2 Å². The maximum atomic E-state index is 13.7. The average Bonchev–Trinajstić information content (AvgIpc) is 2.64. The maximum absolute atomic E-state index is 13.7. The molecule has 0 spiro atoms. The molecule has 1 heterocycles. The second kappa shape index (κ2) is 8.05. The first-order chi connectivity index (χ1) is 13.6. The fourth-order valence-electron chi connectivity index (χ4n) is 2.76. The van der Waals surface area contributed by atoms with Crippen LogP contribution in [0, 0.1) is 13.8 Å². The Bertz CT molecular complexity index is 1110. The number of hydrogen-bond acceptors (Lipinski definition) is 4. The zero-order chi connectivity index (χ0) is 23.1. The molecular formula is C18H18F6N2O3S. The van der Waals surface area contributed by atoms with Gasteiger partial charge >= 0.3 is 12.1 Å². The summed E-state index contributed by atoms with van der Waals surface area (Å²) in [4.78, 5) is 16.1. The van der Waals surface area contributed by atoms with Crippen molar-refractivity contribution in [3.63, 3.8) is 0 Å². The second-order valence-corrected chi connectivity index (χ2v) is 8.97. The van der Waals surface area contributed by atoms with Gasteiger partial charge < -0.3 is 0 Å². The number of hydrogen-bond donors (Lipinski definition) is 0. The van der Waals surface area contributed by atoms with Crippen molar-refractivity contribution in [1.82, 2.24) is 9.55 Å². The molecule has 0 saturated heterocycles. The highest BCUT2D eigenvalue weighted by Crippen LogP contribution is 2.36. The van der Waals surface area contributed by atoms with Crippen molar-refractivity contribution in [3.8, 4) is 11.3 Å². The van der Waals surface area contributed by atoms with Crippen molar-refractivity contribution in [3.05, 3.63) is 46.0 Å². The number of nitrogens with zero attached hydrogens (tertiary/aromatic N) is 2. The van der Waals surface area contributed by atoms with Crippen LogP contribution < -0.4 is 5.56 Å². The first-order valence-electron chi connectivity index (χ1n) is 8.60. The summed E-state index contributed by atoms with van der Waals surface area (Å²) in [5, 5.41) is 0. The molecule has 0 bridgehead atoms. The monoisotopic (exact) mass is 456 g/mol. The Morgan fingerprint density at radius 3 is 2.27 bits per heavy atom. The summed E-state index contributed by atoms with van der Waals surface area (Å²) in [5.74, 6) is -5.15. The third kappa shape index (κ3) is 4.68. The number of benzene rings is 1. The van der Waals surface area contributed by atoms with Gasteiger partial charge in [0, 0.05) is 11.1 Å². The zero-order valence-electron chi connectivity index (χ0n) is 16.1. The molecule has 1 aromatic heterocycles. The molecule has 1 aromatic carbocycles. The summed E-state index contributed by atoms with van der Waals surface area (Å²) in [7, 11) is -3.74. The standard InChI is InChI=1S/C18H18F6N2O3S/c1-4-30(28,29)13-7-10(2)5-6-12(13)14-11(3)15(27)26(9-25-14)8-17(20,21)16(19)18(22,23)24/h5-7,9,16H,4,8H2,1-3H3. The lowest BCUT2D eigenvalue weighted by Crippen LogP contribution is -2.46. The molecule has 12 heteroatoms. The fraction of sp³-hybridized carbons (Fsp3) is 0.444. The Morgan fingerprint density at radius 1 is 1.13 bits per heavy atom. The largest absolute Gasteiger partial charge is 0.425 e. The van der Waals surface area contributed by atoms with Crippen LogP contribution >= 0.6 is 0 Å². The Labute approximate surface area is 168 Å². The minimum absolute atomic E-state index is 0.0506. The molecule has 30 heavy (non-hydrogen) atoms. The highest BCUT2D eigenvalue weighted by atomic mass is 32.2. The Kier molecular flexibility index (Phi) is 6.41. The highest BCUT2D eigenvalue weighted by Gasteiger charge is 2.57. The van der Waals surface area contributed by atoms with Crippen LogP contribution in [-0.4, -0.2) is 42.0 Å². The van der Waals surface area contributed by atoms with Gasteiger partial charge in [-0.05, 0) is 25.5 Å². The van der Waals surface area contributed by atoms with E-state index in [2.05, 4.69) is 4.98 Å². The molecule has 0 amide bonds. The summed E-state index contributed by atoms with van der Waals surface area (Å²) in [6.07, 6.45) is -9.72. The fourth-order valence-corrected chi connectivity index (χ4v) is 3.94. The van der Waals surface area contributed by atoms with E-state index in [1.807, 2.05) is 0 Å². The van der Waals surface area contributed by atoms with E-state index >= 15 is 0 Å². The number of halogens is 6. The predicted octanol–water partition coefficient (Wildman–Crippen LogP) is 3.86. The maximum Gasteiger partial charge on any atom is 0.425 e. The van der Waals surface area contributed by atoms with Crippen molar-refractivity contribution in [2.75, 3.05) is 5.75 Å². The van der Waals surface area contributed by atoms with Crippen LogP contribution in [0.15, 0.2) is 34.2 Å². The van der Waals surface area contributed by atoms with Crippen molar-refractivity contribution >= 4 is 9.84 Å². The van der Waals surface area contributed by atoms with Crippen LogP contribution in [0.4, 0.5) is 26.3 Å². The molecule has 0 fully saturated rings. The molecule has 0 aliphatic rings. The number of rotatable bonds is 6. The third-order valence-corrected chi connectivity index (χ3v) is 6.18. The van der Waals surface area contributed by atoms with E-state index in [4.69, 9.17) is 0 Å². The summed E-state index contributed by atoms with van der Waals surface area (Å²) in [6, 6.07) is 4.32. The SMILES string of the molecule is CCS(=O)(=O)c1cc(C)ccc1-c1ncn(CC(F)(F)C(F)C(F)(F)F)c(=O)c1C. The predicted molar refractivity (Wildman–Crippen MR) is 97.0 cm³/mol. The first kappa shape index (κ1) is 23.9. The van der Waals surface area contributed by atoms with Gasteiger partial charge in [-0.3, -0.25) is 9.36 Å². The lowest BCUT2D eigenvalue weighted by molar-refractivity contribution is -0.247. The van der Waals surface area contributed by atoms with E-state index in [-0.39, 0.29) is 32.0 Å². The van der Waals surface area contributed by atoms with E-state index in [0.717, 1.165) is 6.92 Å². The van der Waals surface area contributed by atoms with Gasteiger partial charge in [0.05, 0.1) is 29.2 Å². The number of aryl methyl sites for hydroxylation is 1. The van der Waals surface area contributed by atoms with Crippen molar-refractivity contribution in [1.29, 1.82) is 0 Å². The molecule has 1 unspecified atom stereocenters. The molecule has 2 aromatic rings. The van der Waals surface area contributed by atoms with Crippen molar-refractivity contribution in [2.45, 2.75) is 50.5 Å². The highest BCUT2D eigenvalue weighted by molar-refractivity contribution is 7.91. The molecule has 166 valence electrons. The smallest absolute Gasteiger partial charge is 0.293 e. The van der Waals surface area contributed by atoms with Gasteiger partial charge in [-0.15, -0.1) is 0 Å². The topological polar surface area (TPSA) is 69.0 Å². The Morgan fingerprint density at radius 2 is 1.73 bits per heavy atom. The van der Waals surface area contributed by atoms with Gasteiger partial charge in [-0.25, -0.2) is 26.6 Å². The quantitative estimate of drug-likeness (QED) is 0.620. The van der Waals surface area contributed by atoms with Gasteiger partial charge in [0.15, 0.2) is 9.84 Å². The number of aromatic nitrogens is 2. The Hall–Kier alpha value is -2.37. The van der Waals surface area contributed by atoms with E-state index in [1.54, 1.807) is 13.0 Å². The zero-order valence-corrected chi connectivity index (χ0v) is 16.9. The average molecular weight is 456 g/mol. The van der Waals surface area contributed by atoms with E-state index in [1.165, 1.54) is 19.1 Å². The molecule has 2 rings (SSSR count). The minimum atomic E-state index is -5.80. The van der Waals surface area contributed by atoms with Crippen molar-refractivity contribution < 1.29 is 34.8 Å². The molecule has 1 atom stereocenters. The lowest BCUT2D eigenvalue weighted by Gasteiger charge is -2.23. The number of sulfone groups is 1. The van der Waals surface area contributed by atoms with Crippen LogP contribution in [0.1, 0.15) is 18.1 Å². The van der Waals surface area contributed by atoms with Crippen LogP contribution in [0.3, 0.4) is 0 Å². The van der Waals surface area contributed by atoms with E-state index < -0.39 is 40.2 Å². The molecule has 0 saturated carbocycles. The molecular weight excluding hydrogens is 438 g/mol. The van der Waals surface area contributed by atoms with Crippen molar-refractivity contribution in [2.24, 2.45) is 0 Å². The minimum Gasteiger partial charge on any atom is -0.293 e. The van der Waals surface area contributed by atoms with Crippen LogP contribution in [-0.2, 0) is 16.4 Å². The van der Waals surface area contributed by atoms with Gasteiger partial charge in [0.25, 0.3) is 11.7 Å². The molecule has 0 N–H and O–H groups in total. The van der Waals surface area contributed by atoms with Gasteiger partial charge in [0.2, 0.25) is 0 Å². The van der Waals surface area contributed by atoms with E-state index in [9.17, 15) is 39.6 Å². The normalized spacial score (nSPS) is 14.0. The molecule has 0 aliphatic carbocycles. The van der Waals surface area contributed by atoms with Gasteiger partial charge in [0.1, 0.15) is 0 Å². The van der Waals surface area contributed by atoms with Gasteiger partial charge in [-0.1, -0.05) is 19.1 Å². The first-order valence-corrected chi connectivity index (χ1v) is 10.3. The number of alkyl halides is 6. The van der Waals surface area contributed by atoms with Crippen LogP contribution in [0.5, 0.6) is 0 Å². The molecule has 0 aliphatic heterocycles. The molecule has 0 radical (unpaired) electrons. The summed E-state index contributed by atoms with van der Waals surface area (Å²) in [6.45, 7) is 2.34. The summed E-state index contributed by atoms with van der Waals surface area (Å²) < 4.78 is 102.